The van der Waals surface area contributed by atoms with E-state index in [2.05, 4.69) is 62.3 Å². The third kappa shape index (κ3) is 4.32. The molecule has 2 aromatic carbocycles. The average molecular weight is 404 g/mol. The van der Waals surface area contributed by atoms with Gasteiger partial charge in [0.05, 0.1) is 5.02 Å². The summed E-state index contributed by atoms with van der Waals surface area (Å²) in [6.45, 7) is 2.95. The standard InChI is InChI=1S/C15H14Br2ClN/c1-10(12-3-2-4-13(16)8-12)19-9-11-5-6-14(17)15(18)7-11/h2-8,10,19H,9H2,1H3. The van der Waals surface area contributed by atoms with Crippen LogP contribution in [-0.4, -0.2) is 0 Å². The lowest BCUT2D eigenvalue weighted by Crippen LogP contribution is -2.18. The quantitative estimate of drug-likeness (QED) is 0.689. The topological polar surface area (TPSA) is 12.0 Å². The molecule has 100 valence electrons. The van der Waals surface area contributed by atoms with E-state index in [9.17, 15) is 0 Å². The maximum atomic E-state index is 6.09. The van der Waals surface area contributed by atoms with Gasteiger partial charge in [-0.15, -0.1) is 0 Å². The predicted octanol–water partition coefficient (Wildman–Crippen LogP) is 5.72. The summed E-state index contributed by atoms with van der Waals surface area (Å²) in [7, 11) is 0. The van der Waals surface area contributed by atoms with Crippen LogP contribution in [0.2, 0.25) is 5.02 Å². The van der Waals surface area contributed by atoms with Gasteiger partial charge in [-0.1, -0.05) is 45.7 Å². The molecule has 19 heavy (non-hydrogen) atoms. The molecule has 4 heteroatoms. The van der Waals surface area contributed by atoms with Crippen molar-refractivity contribution in [2.75, 3.05) is 0 Å². The Morgan fingerprint density at radius 1 is 1.16 bits per heavy atom. The van der Waals surface area contributed by atoms with Crippen molar-refractivity contribution < 1.29 is 0 Å². The highest BCUT2D eigenvalue weighted by Gasteiger charge is 2.06. The normalized spacial score (nSPS) is 12.4. The minimum atomic E-state index is 0.292. The molecule has 0 radical (unpaired) electrons. The Morgan fingerprint density at radius 3 is 2.63 bits per heavy atom. The first-order valence-corrected chi connectivity index (χ1v) is 7.95. The number of nitrogens with one attached hydrogen (secondary N) is 1. The molecule has 0 spiro atoms. The van der Waals surface area contributed by atoms with Gasteiger partial charge in [-0.3, -0.25) is 0 Å². The zero-order valence-electron chi connectivity index (χ0n) is 10.5. The Hall–Kier alpha value is -0.350. The number of hydrogen-bond acceptors (Lipinski definition) is 1. The average Bonchev–Trinajstić information content (AvgIpc) is 2.40. The molecule has 0 aliphatic rings. The largest absolute Gasteiger partial charge is 0.306 e. The molecule has 0 heterocycles. The van der Waals surface area contributed by atoms with E-state index in [1.807, 2.05) is 24.3 Å². The zero-order chi connectivity index (χ0) is 13.8. The highest BCUT2D eigenvalue weighted by molar-refractivity contribution is 9.10. The van der Waals surface area contributed by atoms with Crippen LogP contribution in [0.1, 0.15) is 24.1 Å². The van der Waals surface area contributed by atoms with E-state index < -0.39 is 0 Å². The summed E-state index contributed by atoms with van der Waals surface area (Å²) in [5.74, 6) is 0. The van der Waals surface area contributed by atoms with Crippen LogP contribution in [0, 0.1) is 0 Å². The number of hydrogen-bond donors (Lipinski definition) is 1. The van der Waals surface area contributed by atoms with Gasteiger partial charge in [0, 0.05) is 21.5 Å². The van der Waals surface area contributed by atoms with E-state index in [1.165, 1.54) is 11.1 Å². The van der Waals surface area contributed by atoms with E-state index in [0.717, 1.165) is 20.5 Å². The van der Waals surface area contributed by atoms with Crippen molar-refractivity contribution in [1.82, 2.24) is 5.32 Å². The Labute approximate surface area is 135 Å². The second kappa shape index (κ2) is 6.89. The summed E-state index contributed by atoms with van der Waals surface area (Å²) in [5, 5.41) is 4.24. The van der Waals surface area contributed by atoms with Crippen LogP contribution in [0.25, 0.3) is 0 Å². The Balaban J connectivity index is 2.00. The number of rotatable bonds is 4. The van der Waals surface area contributed by atoms with Crippen molar-refractivity contribution in [3.63, 3.8) is 0 Å². The molecule has 0 aliphatic carbocycles. The summed E-state index contributed by atoms with van der Waals surface area (Å²) in [4.78, 5) is 0. The molecule has 2 aromatic rings. The summed E-state index contributed by atoms with van der Waals surface area (Å²) >= 11 is 13.0. The molecule has 0 aromatic heterocycles. The second-order valence-corrected chi connectivity index (χ2v) is 6.58. The van der Waals surface area contributed by atoms with Crippen molar-refractivity contribution in [1.29, 1.82) is 0 Å². The molecule has 1 atom stereocenters. The van der Waals surface area contributed by atoms with Crippen molar-refractivity contribution in [3.8, 4) is 0 Å². The Morgan fingerprint density at radius 2 is 1.95 bits per heavy atom. The van der Waals surface area contributed by atoms with Gasteiger partial charge >= 0.3 is 0 Å². The SMILES string of the molecule is CC(NCc1ccc(Br)c(Cl)c1)c1cccc(Br)c1. The fraction of sp³-hybridized carbons (Fsp3) is 0.200. The molecule has 1 nitrogen and oxygen atoms in total. The van der Waals surface area contributed by atoms with Crippen molar-refractivity contribution >= 4 is 43.5 Å². The molecule has 2 rings (SSSR count). The van der Waals surface area contributed by atoms with Gasteiger partial charge in [-0.05, 0) is 58.2 Å². The first kappa shape index (κ1) is 15.0. The highest BCUT2D eigenvalue weighted by atomic mass is 79.9. The predicted molar refractivity (Wildman–Crippen MR) is 88.5 cm³/mol. The van der Waals surface area contributed by atoms with Gasteiger partial charge in [0.2, 0.25) is 0 Å². The summed E-state index contributed by atoms with van der Waals surface area (Å²) in [5.41, 5.74) is 2.44. The Bertz CT molecular complexity index is 572. The van der Waals surface area contributed by atoms with Gasteiger partial charge in [0.1, 0.15) is 0 Å². The molecular weight excluding hydrogens is 389 g/mol. The molecule has 0 saturated heterocycles. The Kier molecular flexibility index (Phi) is 5.46. The van der Waals surface area contributed by atoms with Crippen molar-refractivity contribution in [2.45, 2.75) is 19.5 Å². The van der Waals surface area contributed by atoms with Crippen LogP contribution < -0.4 is 5.32 Å². The third-order valence-electron chi connectivity index (χ3n) is 2.95. The fourth-order valence-electron chi connectivity index (χ4n) is 1.81. The summed E-state index contributed by atoms with van der Waals surface area (Å²) in [6, 6.07) is 14.6. The van der Waals surface area contributed by atoms with Crippen LogP contribution >= 0.6 is 43.5 Å². The molecule has 0 amide bonds. The summed E-state index contributed by atoms with van der Waals surface area (Å²) in [6.07, 6.45) is 0. The maximum absolute atomic E-state index is 6.09. The fourth-order valence-corrected chi connectivity index (χ4v) is 2.68. The van der Waals surface area contributed by atoms with Crippen LogP contribution in [-0.2, 0) is 6.54 Å². The van der Waals surface area contributed by atoms with Gasteiger partial charge in [0.15, 0.2) is 0 Å². The van der Waals surface area contributed by atoms with E-state index >= 15 is 0 Å². The van der Waals surface area contributed by atoms with Gasteiger partial charge in [-0.25, -0.2) is 0 Å². The van der Waals surface area contributed by atoms with Crippen LogP contribution in [0.5, 0.6) is 0 Å². The van der Waals surface area contributed by atoms with Crippen LogP contribution in [0.3, 0.4) is 0 Å². The smallest absolute Gasteiger partial charge is 0.0551 e. The first-order chi connectivity index (χ1) is 9.06. The van der Waals surface area contributed by atoms with Gasteiger partial charge in [0.25, 0.3) is 0 Å². The maximum Gasteiger partial charge on any atom is 0.0551 e. The van der Waals surface area contributed by atoms with Gasteiger partial charge in [-0.2, -0.15) is 0 Å². The minimum absolute atomic E-state index is 0.292. The second-order valence-electron chi connectivity index (χ2n) is 4.41. The molecule has 0 saturated carbocycles. The lowest BCUT2D eigenvalue weighted by Gasteiger charge is -2.15. The molecular formula is C15H14Br2ClN. The molecule has 0 bridgehead atoms. The number of halogens is 3. The van der Waals surface area contributed by atoms with Gasteiger partial charge < -0.3 is 5.32 Å². The first-order valence-electron chi connectivity index (χ1n) is 5.99. The molecule has 1 unspecified atom stereocenters. The van der Waals surface area contributed by atoms with Crippen molar-refractivity contribution in [2.24, 2.45) is 0 Å². The van der Waals surface area contributed by atoms with Crippen molar-refractivity contribution in [3.05, 3.63) is 67.6 Å². The van der Waals surface area contributed by atoms with E-state index in [1.54, 1.807) is 0 Å². The molecule has 0 fully saturated rings. The highest BCUT2D eigenvalue weighted by Crippen LogP contribution is 2.24. The van der Waals surface area contributed by atoms with E-state index in [0.29, 0.717) is 6.04 Å². The summed E-state index contributed by atoms with van der Waals surface area (Å²) < 4.78 is 2.03. The van der Waals surface area contributed by atoms with E-state index in [-0.39, 0.29) is 0 Å². The monoisotopic (exact) mass is 401 g/mol. The van der Waals surface area contributed by atoms with Crippen LogP contribution in [0.4, 0.5) is 0 Å². The lowest BCUT2D eigenvalue weighted by molar-refractivity contribution is 0.574. The minimum Gasteiger partial charge on any atom is -0.306 e. The third-order valence-corrected chi connectivity index (χ3v) is 4.67. The molecule has 0 aliphatic heterocycles. The zero-order valence-corrected chi connectivity index (χ0v) is 14.4. The van der Waals surface area contributed by atoms with E-state index in [4.69, 9.17) is 11.6 Å². The lowest BCUT2D eigenvalue weighted by atomic mass is 10.1. The number of benzene rings is 2. The molecule has 1 N–H and O–H groups in total. The van der Waals surface area contributed by atoms with Crippen LogP contribution in [0.15, 0.2) is 51.4 Å².